The number of nitrogens with one attached hydrogen (secondary N) is 2. The van der Waals surface area contributed by atoms with Crippen molar-refractivity contribution in [2.45, 2.75) is 32.9 Å². The normalized spacial score (nSPS) is 15.4. The largest absolute Gasteiger partial charge is 0.492 e. The predicted octanol–water partition coefficient (Wildman–Crippen LogP) is 3.43. The molecule has 0 saturated carbocycles. The maximum absolute atomic E-state index is 13.1. The van der Waals surface area contributed by atoms with E-state index in [1.54, 1.807) is 23.1 Å². The van der Waals surface area contributed by atoms with Gasteiger partial charge in [0.2, 0.25) is 5.91 Å². The van der Waals surface area contributed by atoms with Crippen LogP contribution in [0.25, 0.3) is 0 Å². The average molecular weight is 562 g/mol. The van der Waals surface area contributed by atoms with Crippen LogP contribution in [0, 0.1) is 5.92 Å². The first kappa shape index (κ1) is 26.6. The summed E-state index contributed by atoms with van der Waals surface area (Å²) in [6, 6.07) is 13.5. The molecule has 186 valence electrons. The van der Waals surface area contributed by atoms with Crippen LogP contribution in [0.4, 0.5) is 0 Å². The molecule has 2 aromatic rings. The lowest BCUT2D eigenvalue weighted by Crippen LogP contribution is -2.60. The van der Waals surface area contributed by atoms with Gasteiger partial charge in [0.15, 0.2) is 5.11 Å². The Balaban J connectivity index is 1.66. The van der Waals surface area contributed by atoms with Crippen LogP contribution in [-0.2, 0) is 20.9 Å². The molecule has 3 rings (SSSR count). The number of hydrogen-bond donors (Lipinski definition) is 2. The molecule has 1 heterocycles. The lowest BCUT2D eigenvalue weighted by atomic mass is 10.1. The first-order chi connectivity index (χ1) is 16.7. The minimum absolute atomic E-state index is 0.0560. The number of hydrogen-bond acceptors (Lipinski definition) is 6. The van der Waals surface area contributed by atoms with Gasteiger partial charge in [-0.15, -0.1) is 0 Å². The summed E-state index contributed by atoms with van der Waals surface area (Å²) in [5, 5.41) is 5.48. The summed E-state index contributed by atoms with van der Waals surface area (Å²) in [7, 11) is 0. The van der Waals surface area contributed by atoms with E-state index in [1.807, 2.05) is 44.2 Å². The molecule has 1 aliphatic heterocycles. The van der Waals surface area contributed by atoms with Crippen molar-refractivity contribution in [3.63, 3.8) is 0 Å². The van der Waals surface area contributed by atoms with E-state index in [9.17, 15) is 14.4 Å². The van der Waals surface area contributed by atoms with Gasteiger partial charge < -0.3 is 19.7 Å². The highest BCUT2D eigenvalue weighted by atomic mass is 79.9. The number of amides is 2. The highest BCUT2D eigenvalue weighted by Crippen LogP contribution is 2.24. The number of rotatable bonds is 8. The Morgan fingerprint density at radius 1 is 1.23 bits per heavy atom. The Morgan fingerprint density at radius 3 is 2.69 bits per heavy atom. The van der Waals surface area contributed by atoms with E-state index < -0.39 is 17.9 Å². The van der Waals surface area contributed by atoms with E-state index in [0.29, 0.717) is 35.5 Å². The number of thiocarbonyl (C=S) groups is 1. The number of benzene rings is 2. The van der Waals surface area contributed by atoms with Crippen molar-refractivity contribution in [1.29, 1.82) is 0 Å². The molecular weight excluding hydrogens is 534 g/mol. The molecular formula is C25H28BrN3O5S. The molecule has 1 saturated heterocycles. The first-order valence-electron chi connectivity index (χ1n) is 11.3. The third kappa shape index (κ3) is 7.76. The molecule has 0 aromatic heterocycles. The fraction of sp³-hybridized carbons (Fsp3) is 0.360. The molecule has 1 unspecified atom stereocenters. The second-order valence-electron chi connectivity index (χ2n) is 8.46. The molecule has 0 aliphatic carbocycles. The van der Waals surface area contributed by atoms with Crippen LogP contribution in [0.2, 0.25) is 0 Å². The van der Waals surface area contributed by atoms with Crippen molar-refractivity contribution < 1.29 is 23.9 Å². The summed E-state index contributed by atoms with van der Waals surface area (Å²) >= 11 is 8.85. The number of ether oxygens (including phenoxy) is 2. The van der Waals surface area contributed by atoms with Crippen molar-refractivity contribution in [2.75, 3.05) is 19.7 Å². The quantitative estimate of drug-likeness (QED) is 0.376. The van der Waals surface area contributed by atoms with Crippen molar-refractivity contribution in [3.05, 3.63) is 64.1 Å². The number of halogens is 1. The van der Waals surface area contributed by atoms with Crippen LogP contribution >= 0.6 is 28.1 Å². The van der Waals surface area contributed by atoms with Crippen molar-refractivity contribution in [1.82, 2.24) is 15.5 Å². The molecule has 2 amide bonds. The number of carbonyl (C=O) groups excluding carboxylic acids is 3. The van der Waals surface area contributed by atoms with Crippen molar-refractivity contribution in [2.24, 2.45) is 5.92 Å². The van der Waals surface area contributed by atoms with Gasteiger partial charge in [0.1, 0.15) is 18.4 Å². The zero-order valence-electron chi connectivity index (χ0n) is 19.6. The van der Waals surface area contributed by atoms with E-state index in [-0.39, 0.29) is 30.0 Å². The summed E-state index contributed by atoms with van der Waals surface area (Å²) in [5.74, 6) is -0.643. The molecule has 35 heavy (non-hydrogen) atoms. The van der Waals surface area contributed by atoms with Crippen LogP contribution < -0.4 is 15.4 Å². The van der Waals surface area contributed by atoms with Gasteiger partial charge in [-0.25, -0.2) is 0 Å². The summed E-state index contributed by atoms with van der Waals surface area (Å²) in [6.07, 6.45) is -0.200. The van der Waals surface area contributed by atoms with Crippen LogP contribution in [0.15, 0.2) is 53.0 Å². The maximum atomic E-state index is 13.1. The molecule has 0 radical (unpaired) electrons. The third-order valence-corrected chi connectivity index (χ3v) is 6.00. The lowest BCUT2D eigenvalue weighted by molar-refractivity contribution is -0.148. The van der Waals surface area contributed by atoms with Gasteiger partial charge in [-0.1, -0.05) is 60.1 Å². The Labute approximate surface area is 218 Å². The summed E-state index contributed by atoms with van der Waals surface area (Å²) in [4.78, 5) is 39.6. The maximum Gasteiger partial charge on any atom is 0.308 e. The minimum atomic E-state index is -0.890. The van der Waals surface area contributed by atoms with Gasteiger partial charge in [-0.05, 0) is 41.9 Å². The first-order valence-corrected chi connectivity index (χ1v) is 12.5. The smallest absolute Gasteiger partial charge is 0.308 e. The van der Waals surface area contributed by atoms with Crippen molar-refractivity contribution >= 4 is 51.0 Å². The monoisotopic (exact) mass is 561 g/mol. The number of nitrogens with zero attached hydrogens (tertiary/aromatic N) is 1. The Kier molecular flexibility index (Phi) is 9.62. The molecule has 2 N–H and O–H groups in total. The van der Waals surface area contributed by atoms with E-state index in [1.165, 1.54) is 0 Å². The second kappa shape index (κ2) is 12.6. The molecule has 1 aliphatic rings. The van der Waals surface area contributed by atoms with Gasteiger partial charge in [-0.3, -0.25) is 19.7 Å². The van der Waals surface area contributed by atoms with E-state index in [0.717, 1.165) is 5.56 Å². The van der Waals surface area contributed by atoms with E-state index >= 15 is 0 Å². The van der Waals surface area contributed by atoms with Crippen molar-refractivity contribution in [3.8, 4) is 5.75 Å². The zero-order chi connectivity index (χ0) is 25.4. The summed E-state index contributed by atoms with van der Waals surface area (Å²) < 4.78 is 11.8. The fourth-order valence-electron chi connectivity index (χ4n) is 3.41. The molecule has 8 nitrogen and oxygen atoms in total. The predicted molar refractivity (Wildman–Crippen MR) is 139 cm³/mol. The Hall–Kier alpha value is -2.98. The number of carbonyl (C=O) groups is 3. The lowest BCUT2D eigenvalue weighted by Gasteiger charge is -2.36. The molecule has 0 bridgehead atoms. The highest BCUT2D eigenvalue weighted by molar-refractivity contribution is 9.10. The molecule has 10 heteroatoms. The van der Waals surface area contributed by atoms with Crippen LogP contribution in [0.1, 0.15) is 36.2 Å². The molecule has 0 spiro atoms. The summed E-state index contributed by atoms with van der Waals surface area (Å²) in [6.45, 7) is 5.27. The Morgan fingerprint density at radius 2 is 1.97 bits per heavy atom. The number of esters is 1. The molecule has 2 aromatic carbocycles. The van der Waals surface area contributed by atoms with E-state index in [4.69, 9.17) is 21.7 Å². The zero-order valence-corrected chi connectivity index (χ0v) is 22.0. The van der Waals surface area contributed by atoms with Gasteiger partial charge in [-0.2, -0.15) is 0 Å². The van der Waals surface area contributed by atoms with Crippen LogP contribution in [0.5, 0.6) is 5.75 Å². The van der Waals surface area contributed by atoms with Crippen LogP contribution in [-0.4, -0.2) is 53.5 Å². The van der Waals surface area contributed by atoms with E-state index in [2.05, 4.69) is 26.6 Å². The average Bonchev–Trinajstić information content (AvgIpc) is 2.83. The second-order valence-corrected chi connectivity index (χ2v) is 9.76. The summed E-state index contributed by atoms with van der Waals surface area (Å²) in [5.41, 5.74) is 1.15. The van der Waals surface area contributed by atoms with Gasteiger partial charge in [0.25, 0.3) is 5.91 Å². The third-order valence-electron chi connectivity index (χ3n) is 5.17. The molecule has 1 atom stereocenters. The van der Waals surface area contributed by atoms with Gasteiger partial charge >= 0.3 is 5.97 Å². The van der Waals surface area contributed by atoms with Crippen LogP contribution in [0.3, 0.4) is 0 Å². The standard InChI is InChI=1S/C25H28BrN3O5S/c1-16(2)14-33-21-9-8-18(26)12-19(21)23(31)28-25(35)29-11-10-27-24(32)20(29)13-22(30)34-15-17-6-4-3-5-7-17/h3-9,12,16,20H,10-11,13-15H2,1-2H3,(H,27,32)(H,28,31,35). The van der Waals surface area contributed by atoms with Gasteiger partial charge in [0.05, 0.1) is 18.6 Å². The minimum Gasteiger partial charge on any atom is -0.492 e. The number of piperazine rings is 1. The highest BCUT2D eigenvalue weighted by Gasteiger charge is 2.34. The van der Waals surface area contributed by atoms with Gasteiger partial charge in [0, 0.05) is 17.6 Å². The Bertz CT molecular complexity index is 1080. The molecule has 1 fully saturated rings. The fourth-order valence-corrected chi connectivity index (χ4v) is 4.09. The topological polar surface area (TPSA) is 97.0 Å². The SMILES string of the molecule is CC(C)COc1ccc(Br)cc1C(=O)NC(=S)N1CCNC(=O)C1CC(=O)OCc1ccccc1.